The third kappa shape index (κ3) is 13.6. The fourth-order valence-electron chi connectivity index (χ4n) is 9.05. The van der Waals surface area contributed by atoms with E-state index < -0.39 is 110 Å². The van der Waals surface area contributed by atoms with E-state index in [4.69, 9.17) is 33.5 Å². The third-order valence-corrected chi connectivity index (χ3v) is 12.5. The van der Waals surface area contributed by atoms with Gasteiger partial charge in [-0.2, -0.15) is 0 Å². The Morgan fingerprint density at radius 3 is 2.39 bits per heavy atom. The molecule has 62 heavy (non-hydrogen) atoms. The summed E-state index contributed by atoms with van der Waals surface area (Å²) in [6, 6.07) is -1.30. The molecule has 2 aliphatic carbocycles. The Kier molecular flexibility index (Phi) is 19.7. The molecule has 354 valence electrons. The molecule has 1 aromatic rings. The number of nitrogens with one attached hydrogen (secondary N) is 2. The lowest BCUT2D eigenvalue weighted by Gasteiger charge is -2.49. The first-order chi connectivity index (χ1) is 29.7. The Morgan fingerprint density at radius 1 is 0.952 bits per heavy atom. The molecule has 5 rings (SSSR count). The molecule has 4 aliphatic rings. The van der Waals surface area contributed by atoms with Crippen LogP contribution in [0.15, 0.2) is 6.20 Å². The summed E-state index contributed by atoms with van der Waals surface area (Å²) in [5.41, 5.74) is 0.767. The highest BCUT2D eigenvalue weighted by molar-refractivity contribution is 5.78. The Bertz CT molecular complexity index is 1540. The molecule has 2 saturated carbocycles. The van der Waals surface area contributed by atoms with Crippen LogP contribution in [-0.4, -0.2) is 181 Å². The summed E-state index contributed by atoms with van der Waals surface area (Å²) in [6.45, 7) is 5.13. The van der Waals surface area contributed by atoms with Crippen LogP contribution < -0.4 is 10.6 Å². The van der Waals surface area contributed by atoms with Crippen molar-refractivity contribution in [3.05, 3.63) is 11.9 Å². The van der Waals surface area contributed by atoms with Crippen LogP contribution in [0, 0.1) is 17.8 Å². The smallest absolute Gasteiger partial charge is 0.332 e. The van der Waals surface area contributed by atoms with Crippen LogP contribution in [0.4, 0.5) is 0 Å². The molecule has 21 nitrogen and oxygen atoms in total. The zero-order chi connectivity index (χ0) is 44.9. The van der Waals surface area contributed by atoms with Crippen molar-refractivity contribution >= 4 is 17.8 Å². The number of aliphatic hydroxyl groups excluding tert-OH is 6. The van der Waals surface area contributed by atoms with Gasteiger partial charge in [0.25, 0.3) is 0 Å². The van der Waals surface area contributed by atoms with Crippen molar-refractivity contribution in [1.82, 2.24) is 25.6 Å². The SMILES string of the molecule is CC[C@@H]1CC(C(=O)NCCOCCn2cc(CCCO)nn2)C[C@@H](O[C@@H]2OC(CO)[C@H](O)C(O[C@@H](CC3CCCCC3)C(=O)O)C2NC(C)=O)C1O[C@@H]1OC(C)[C@@H](O)C(O)C1O. The van der Waals surface area contributed by atoms with Crippen molar-refractivity contribution in [3.63, 3.8) is 0 Å². The highest BCUT2D eigenvalue weighted by Gasteiger charge is 2.53. The molecule has 3 heterocycles. The molecule has 2 amide bonds. The monoisotopic (exact) mass is 887 g/mol. The van der Waals surface area contributed by atoms with Gasteiger partial charge in [-0.15, -0.1) is 5.10 Å². The average molecular weight is 888 g/mol. The number of nitrogens with zero attached hydrogens (tertiary/aromatic N) is 3. The van der Waals surface area contributed by atoms with Crippen molar-refractivity contribution in [2.75, 3.05) is 33.0 Å². The second kappa shape index (κ2) is 24.4. The van der Waals surface area contributed by atoms with Gasteiger partial charge in [-0.1, -0.05) is 50.7 Å². The summed E-state index contributed by atoms with van der Waals surface area (Å²) in [7, 11) is 0. The molecule has 9 N–H and O–H groups in total. The Labute approximate surface area is 361 Å². The minimum Gasteiger partial charge on any atom is -0.479 e. The zero-order valence-electron chi connectivity index (χ0n) is 36.0. The number of ether oxygens (including phenoxy) is 6. The number of carboxylic acids is 1. The largest absolute Gasteiger partial charge is 0.479 e. The van der Waals surface area contributed by atoms with E-state index in [9.17, 15) is 45.0 Å². The molecule has 2 saturated heterocycles. The molecular formula is C41H69N5O16. The van der Waals surface area contributed by atoms with E-state index in [0.717, 1.165) is 37.8 Å². The number of rotatable bonds is 22. The van der Waals surface area contributed by atoms with Crippen LogP contribution in [0.1, 0.15) is 90.7 Å². The lowest BCUT2D eigenvalue weighted by atomic mass is 9.75. The van der Waals surface area contributed by atoms with Gasteiger partial charge < -0.3 is 74.8 Å². The van der Waals surface area contributed by atoms with Crippen molar-refractivity contribution in [2.45, 2.75) is 178 Å². The van der Waals surface area contributed by atoms with Crippen molar-refractivity contribution in [3.8, 4) is 0 Å². The molecule has 21 heteroatoms. The van der Waals surface area contributed by atoms with Crippen LogP contribution in [0.5, 0.6) is 0 Å². The van der Waals surface area contributed by atoms with Crippen molar-refractivity contribution in [2.24, 2.45) is 17.8 Å². The van der Waals surface area contributed by atoms with Crippen molar-refractivity contribution < 1.29 is 78.6 Å². The summed E-state index contributed by atoms with van der Waals surface area (Å²) in [5, 5.41) is 86.8. The zero-order valence-corrected chi connectivity index (χ0v) is 36.0. The van der Waals surface area contributed by atoms with E-state index in [-0.39, 0.29) is 44.4 Å². The number of carboxylic acid groups (broad SMARTS) is 1. The topological polar surface area (TPSA) is 303 Å². The number of carbonyl (C=O) groups is 3. The maximum atomic E-state index is 13.8. The van der Waals surface area contributed by atoms with E-state index in [2.05, 4.69) is 20.9 Å². The van der Waals surface area contributed by atoms with E-state index in [0.29, 0.717) is 38.8 Å². The molecule has 1 aromatic heterocycles. The first kappa shape index (κ1) is 50.1. The molecule has 0 aromatic carbocycles. The van der Waals surface area contributed by atoms with E-state index in [1.807, 2.05) is 6.92 Å². The Morgan fingerprint density at radius 2 is 1.71 bits per heavy atom. The highest BCUT2D eigenvalue weighted by Crippen LogP contribution is 2.40. The lowest BCUT2D eigenvalue weighted by Crippen LogP contribution is -2.67. The summed E-state index contributed by atoms with van der Waals surface area (Å²) in [6.07, 6.45) is -7.50. The quantitative estimate of drug-likeness (QED) is 0.0616. The molecule has 4 fully saturated rings. The summed E-state index contributed by atoms with van der Waals surface area (Å²) in [4.78, 5) is 39.1. The van der Waals surface area contributed by atoms with Gasteiger partial charge in [0.05, 0.1) is 50.4 Å². The number of aromatic nitrogens is 3. The van der Waals surface area contributed by atoms with Gasteiger partial charge in [-0.3, -0.25) is 9.59 Å². The fourth-order valence-corrected chi connectivity index (χ4v) is 9.05. The van der Waals surface area contributed by atoms with Crippen LogP contribution in [-0.2, 0) is 55.8 Å². The lowest BCUT2D eigenvalue weighted by molar-refractivity contribution is -0.338. The van der Waals surface area contributed by atoms with E-state index in [1.165, 1.54) is 13.8 Å². The normalized spacial score (nSPS) is 35.0. The van der Waals surface area contributed by atoms with Crippen LogP contribution >= 0.6 is 0 Å². The molecule has 0 radical (unpaired) electrons. The minimum absolute atomic E-state index is 0.0201. The number of aliphatic carboxylic acids is 1. The van der Waals surface area contributed by atoms with Crippen LogP contribution in [0.2, 0.25) is 0 Å². The van der Waals surface area contributed by atoms with E-state index >= 15 is 0 Å². The summed E-state index contributed by atoms with van der Waals surface area (Å²) >= 11 is 0. The summed E-state index contributed by atoms with van der Waals surface area (Å²) < 4.78 is 38.5. The number of hydrogen-bond acceptors (Lipinski definition) is 17. The average Bonchev–Trinajstić information content (AvgIpc) is 3.71. The predicted octanol–water partition coefficient (Wildman–Crippen LogP) is -1.24. The van der Waals surface area contributed by atoms with Gasteiger partial charge in [0.15, 0.2) is 18.7 Å². The van der Waals surface area contributed by atoms with Gasteiger partial charge in [-0.25, -0.2) is 9.48 Å². The van der Waals surface area contributed by atoms with Gasteiger partial charge in [-0.05, 0) is 50.9 Å². The van der Waals surface area contributed by atoms with Crippen molar-refractivity contribution in [1.29, 1.82) is 0 Å². The van der Waals surface area contributed by atoms with E-state index in [1.54, 1.807) is 10.9 Å². The van der Waals surface area contributed by atoms with Crippen LogP contribution in [0.25, 0.3) is 0 Å². The fraction of sp³-hybridized carbons (Fsp3) is 0.878. The number of aliphatic hydroxyl groups is 6. The second-order valence-corrected chi connectivity index (χ2v) is 17.1. The Balaban J connectivity index is 1.33. The predicted molar refractivity (Wildman–Crippen MR) is 215 cm³/mol. The number of amides is 2. The standard InChI is InChI=1S/C41H69N5O16/c1-4-25-18-26(38(54)42-12-15-57-16-13-46-20-27(44-45-46)11-8-14-47)19-28(36(25)62-41-35(53)34(52)32(50)22(2)58-41)60-40-31(43-23(3)49)37(33(51)30(21-48)61-40)59-29(39(55)56)17-24-9-6-5-7-10-24/h20,22,24-26,28-37,40-41,47-48,50-53H,4-19,21H2,1-3H3,(H,42,54)(H,43,49)(H,55,56)/t22?,25-,26?,28-,29+,30?,31?,32-,33+,34?,35?,36?,37?,40-,41+/m1/s1. The molecule has 2 aliphatic heterocycles. The molecular weight excluding hydrogens is 818 g/mol. The molecule has 0 spiro atoms. The maximum Gasteiger partial charge on any atom is 0.332 e. The van der Waals surface area contributed by atoms with Gasteiger partial charge in [0.2, 0.25) is 11.8 Å². The minimum atomic E-state index is -1.65. The second-order valence-electron chi connectivity index (χ2n) is 17.1. The Hall–Kier alpha value is -2.93. The molecule has 0 bridgehead atoms. The number of carbonyl (C=O) groups excluding carboxylic acids is 2. The molecule has 15 atom stereocenters. The maximum absolute atomic E-state index is 13.8. The molecule has 8 unspecified atom stereocenters. The first-order valence-electron chi connectivity index (χ1n) is 22.2. The van der Waals surface area contributed by atoms with Gasteiger partial charge >= 0.3 is 5.97 Å². The highest BCUT2D eigenvalue weighted by atomic mass is 16.7. The van der Waals surface area contributed by atoms with Gasteiger partial charge in [0.1, 0.15) is 42.7 Å². The first-order valence-corrected chi connectivity index (χ1v) is 22.2. The van der Waals surface area contributed by atoms with Crippen LogP contribution in [0.3, 0.4) is 0 Å². The summed E-state index contributed by atoms with van der Waals surface area (Å²) in [5.74, 6) is -3.10. The number of aryl methyl sites for hydroxylation is 1. The third-order valence-electron chi connectivity index (χ3n) is 12.5. The van der Waals surface area contributed by atoms with Gasteiger partial charge in [0, 0.05) is 32.2 Å². The number of hydrogen-bond donors (Lipinski definition) is 9.